The molecule has 0 radical (unpaired) electrons. The van der Waals surface area contributed by atoms with Crippen molar-refractivity contribution in [3.8, 4) is 0 Å². The van der Waals surface area contributed by atoms with Crippen LogP contribution in [-0.4, -0.2) is 5.78 Å². The zero-order valence-corrected chi connectivity index (χ0v) is 8.31. The monoisotopic (exact) mass is 168 g/mol. The van der Waals surface area contributed by atoms with Crippen molar-refractivity contribution < 1.29 is 4.79 Å². The third-order valence-corrected chi connectivity index (χ3v) is 1.87. The number of carbonyl (C=O) groups excluding carboxylic acids is 1. The molecule has 0 saturated carbocycles. The van der Waals surface area contributed by atoms with Crippen molar-refractivity contribution in [3.63, 3.8) is 0 Å². The van der Waals surface area contributed by atoms with Gasteiger partial charge in [-0.05, 0) is 25.7 Å². The van der Waals surface area contributed by atoms with E-state index in [1.54, 1.807) is 0 Å². The Hall–Kier alpha value is -0.590. The lowest BCUT2D eigenvalue weighted by Gasteiger charge is -1.95. The molecule has 0 aliphatic carbocycles. The number of allylic oxidation sites excluding steroid dienone is 2. The van der Waals surface area contributed by atoms with E-state index in [0.717, 1.165) is 32.1 Å². The standard InChI is InChI=1S/C11H20O/c1-3-5-6-7-8-9-10-11(12)4-2/h5-6H,3-4,7-10H2,1-2H3. The van der Waals surface area contributed by atoms with E-state index in [2.05, 4.69) is 19.1 Å². The van der Waals surface area contributed by atoms with Gasteiger partial charge in [0.05, 0.1) is 0 Å². The summed E-state index contributed by atoms with van der Waals surface area (Å²) in [5.74, 6) is 0.398. The van der Waals surface area contributed by atoms with Gasteiger partial charge in [-0.15, -0.1) is 0 Å². The van der Waals surface area contributed by atoms with Crippen LogP contribution < -0.4 is 0 Å². The number of ketones is 1. The van der Waals surface area contributed by atoms with Gasteiger partial charge in [0.25, 0.3) is 0 Å². The second-order valence-electron chi connectivity index (χ2n) is 3.02. The Labute approximate surface area is 75.9 Å². The maximum absolute atomic E-state index is 10.9. The highest BCUT2D eigenvalue weighted by Gasteiger charge is 1.95. The van der Waals surface area contributed by atoms with E-state index in [1.165, 1.54) is 0 Å². The van der Waals surface area contributed by atoms with E-state index in [1.807, 2.05) is 6.92 Å². The summed E-state index contributed by atoms with van der Waals surface area (Å²) in [7, 11) is 0. The largest absolute Gasteiger partial charge is 0.300 e. The molecule has 0 aliphatic rings. The lowest BCUT2D eigenvalue weighted by atomic mass is 10.1. The average Bonchev–Trinajstić information content (AvgIpc) is 2.10. The van der Waals surface area contributed by atoms with Crippen molar-refractivity contribution >= 4 is 5.78 Å². The summed E-state index contributed by atoms with van der Waals surface area (Å²) >= 11 is 0. The van der Waals surface area contributed by atoms with Crippen LogP contribution in [0.1, 0.15) is 52.4 Å². The van der Waals surface area contributed by atoms with Crippen molar-refractivity contribution in [2.45, 2.75) is 52.4 Å². The van der Waals surface area contributed by atoms with Crippen LogP contribution in [0.2, 0.25) is 0 Å². The summed E-state index contributed by atoms with van der Waals surface area (Å²) in [6.07, 6.45) is 10.3. The zero-order chi connectivity index (χ0) is 9.23. The van der Waals surface area contributed by atoms with Gasteiger partial charge in [-0.3, -0.25) is 4.79 Å². The molecule has 0 bridgehead atoms. The molecule has 0 fully saturated rings. The summed E-state index contributed by atoms with van der Waals surface area (Å²) in [6.45, 7) is 4.07. The summed E-state index contributed by atoms with van der Waals surface area (Å²) in [4.78, 5) is 10.9. The van der Waals surface area contributed by atoms with Gasteiger partial charge in [0, 0.05) is 12.8 Å². The summed E-state index contributed by atoms with van der Waals surface area (Å²) in [5.41, 5.74) is 0. The molecule has 1 nitrogen and oxygen atoms in total. The molecule has 12 heavy (non-hydrogen) atoms. The normalized spacial score (nSPS) is 10.8. The van der Waals surface area contributed by atoms with Crippen LogP contribution in [0.5, 0.6) is 0 Å². The van der Waals surface area contributed by atoms with Crippen molar-refractivity contribution in [3.05, 3.63) is 12.2 Å². The van der Waals surface area contributed by atoms with Crippen LogP contribution in [0.4, 0.5) is 0 Å². The third-order valence-electron chi connectivity index (χ3n) is 1.87. The molecule has 0 aliphatic heterocycles. The highest BCUT2D eigenvalue weighted by molar-refractivity contribution is 5.77. The minimum atomic E-state index is 0.398. The predicted molar refractivity (Wildman–Crippen MR) is 53.2 cm³/mol. The molecule has 0 saturated heterocycles. The van der Waals surface area contributed by atoms with E-state index >= 15 is 0 Å². The fraction of sp³-hybridized carbons (Fsp3) is 0.727. The minimum Gasteiger partial charge on any atom is -0.300 e. The Balaban J connectivity index is 3.10. The van der Waals surface area contributed by atoms with E-state index in [9.17, 15) is 4.79 Å². The molecule has 0 aromatic rings. The van der Waals surface area contributed by atoms with Gasteiger partial charge >= 0.3 is 0 Å². The SMILES string of the molecule is CCC=CCCCCC(=O)CC. The third kappa shape index (κ3) is 7.52. The molecule has 70 valence electrons. The Bertz CT molecular complexity index is 136. The summed E-state index contributed by atoms with van der Waals surface area (Å²) < 4.78 is 0. The molecule has 0 N–H and O–H groups in total. The lowest BCUT2D eigenvalue weighted by Crippen LogP contribution is -1.93. The van der Waals surface area contributed by atoms with E-state index in [-0.39, 0.29) is 0 Å². The van der Waals surface area contributed by atoms with Crippen molar-refractivity contribution in [2.24, 2.45) is 0 Å². The molecular formula is C11H20O. The molecular weight excluding hydrogens is 148 g/mol. The summed E-state index contributed by atoms with van der Waals surface area (Å²) in [5, 5.41) is 0. The van der Waals surface area contributed by atoms with Crippen LogP contribution in [0.25, 0.3) is 0 Å². The molecule has 0 aromatic carbocycles. The average molecular weight is 168 g/mol. The first-order chi connectivity index (χ1) is 5.81. The van der Waals surface area contributed by atoms with Crippen molar-refractivity contribution in [1.29, 1.82) is 0 Å². The van der Waals surface area contributed by atoms with Crippen LogP contribution in [0.15, 0.2) is 12.2 Å². The van der Waals surface area contributed by atoms with Crippen LogP contribution in [-0.2, 0) is 4.79 Å². The highest BCUT2D eigenvalue weighted by Crippen LogP contribution is 2.03. The van der Waals surface area contributed by atoms with Crippen molar-refractivity contribution in [1.82, 2.24) is 0 Å². The Morgan fingerprint density at radius 3 is 2.50 bits per heavy atom. The Kier molecular flexibility index (Phi) is 8.09. The first-order valence-electron chi connectivity index (χ1n) is 4.98. The number of unbranched alkanes of at least 4 members (excludes halogenated alkanes) is 2. The first kappa shape index (κ1) is 11.4. The smallest absolute Gasteiger partial charge is 0.132 e. The number of carbonyl (C=O) groups is 1. The maximum Gasteiger partial charge on any atom is 0.132 e. The molecule has 0 amide bonds. The highest BCUT2D eigenvalue weighted by atomic mass is 16.1. The fourth-order valence-corrected chi connectivity index (χ4v) is 1.05. The van der Waals surface area contributed by atoms with Crippen LogP contribution in [0, 0.1) is 0 Å². The predicted octanol–water partition coefficient (Wildman–Crippen LogP) is 3.49. The molecule has 1 heteroatoms. The van der Waals surface area contributed by atoms with Crippen LogP contribution in [0.3, 0.4) is 0 Å². The molecule has 0 atom stereocenters. The van der Waals surface area contributed by atoms with Crippen molar-refractivity contribution in [2.75, 3.05) is 0 Å². The Morgan fingerprint density at radius 1 is 1.17 bits per heavy atom. The number of rotatable bonds is 7. The lowest BCUT2D eigenvalue weighted by molar-refractivity contribution is -0.118. The molecule has 0 heterocycles. The van der Waals surface area contributed by atoms with Gasteiger partial charge in [-0.25, -0.2) is 0 Å². The molecule has 0 aromatic heterocycles. The summed E-state index contributed by atoms with van der Waals surface area (Å²) in [6, 6.07) is 0. The fourth-order valence-electron chi connectivity index (χ4n) is 1.05. The molecule has 0 unspecified atom stereocenters. The topological polar surface area (TPSA) is 17.1 Å². The molecule has 0 rings (SSSR count). The van der Waals surface area contributed by atoms with Gasteiger partial charge in [0.2, 0.25) is 0 Å². The zero-order valence-electron chi connectivity index (χ0n) is 8.31. The van der Waals surface area contributed by atoms with E-state index in [4.69, 9.17) is 0 Å². The number of Topliss-reactive ketones (excluding diaryl/α,β-unsaturated/α-hetero) is 1. The van der Waals surface area contributed by atoms with Gasteiger partial charge in [0.15, 0.2) is 0 Å². The first-order valence-corrected chi connectivity index (χ1v) is 4.98. The van der Waals surface area contributed by atoms with Crippen LogP contribution >= 0.6 is 0 Å². The minimum absolute atomic E-state index is 0.398. The number of hydrogen-bond acceptors (Lipinski definition) is 1. The maximum atomic E-state index is 10.9. The second-order valence-corrected chi connectivity index (χ2v) is 3.02. The Morgan fingerprint density at radius 2 is 1.92 bits per heavy atom. The quantitative estimate of drug-likeness (QED) is 0.420. The van der Waals surface area contributed by atoms with Gasteiger partial charge in [-0.1, -0.05) is 26.0 Å². The van der Waals surface area contributed by atoms with Gasteiger partial charge in [0.1, 0.15) is 5.78 Å². The second kappa shape index (κ2) is 8.51. The number of hydrogen-bond donors (Lipinski definition) is 0. The molecule has 0 spiro atoms. The van der Waals surface area contributed by atoms with Gasteiger partial charge in [-0.2, -0.15) is 0 Å². The van der Waals surface area contributed by atoms with E-state index in [0.29, 0.717) is 12.2 Å². The van der Waals surface area contributed by atoms with Gasteiger partial charge < -0.3 is 0 Å². The van der Waals surface area contributed by atoms with E-state index < -0.39 is 0 Å².